The van der Waals surface area contributed by atoms with Crippen LogP contribution >= 0.6 is 15.9 Å². The largest absolute Gasteiger partial charge is 0.356 e. The van der Waals surface area contributed by atoms with Gasteiger partial charge in [0.2, 0.25) is 5.91 Å². The van der Waals surface area contributed by atoms with Crippen LogP contribution in [-0.4, -0.2) is 33.2 Å². The Morgan fingerprint density at radius 3 is 2.43 bits per heavy atom. The molecule has 5 nitrogen and oxygen atoms in total. The van der Waals surface area contributed by atoms with Crippen molar-refractivity contribution >= 4 is 31.7 Å². The number of unbranched alkanes of at least 4 members (excludes halogenated alkanes) is 1. The number of halogens is 1. The van der Waals surface area contributed by atoms with Crippen molar-refractivity contribution in [3.05, 3.63) is 28.7 Å². The minimum atomic E-state index is -3.32. The van der Waals surface area contributed by atoms with Crippen molar-refractivity contribution in [1.29, 1.82) is 0 Å². The molecule has 0 aliphatic carbocycles. The molecule has 1 aromatic rings. The second kappa shape index (κ2) is 9.17. The molecule has 0 atom stereocenters. The minimum absolute atomic E-state index is 0.0230. The fourth-order valence-corrected chi connectivity index (χ4v) is 3.34. The van der Waals surface area contributed by atoms with Crippen molar-refractivity contribution in [2.24, 2.45) is 5.73 Å². The van der Waals surface area contributed by atoms with Gasteiger partial charge in [-0.3, -0.25) is 4.79 Å². The Hall–Kier alpha value is -0.920. The highest BCUT2D eigenvalue weighted by molar-refractivity contribution is 9.10. The number of nitrogens with two attached hydrogens (primary N) is 1. The molecule has 3 N–H and O–H groups in total. The summed E-state index contributed by atoms with van der Waals surface area (Å²) in [6.07, 6.45) is 2.26. The van der Waals surface area contributed by atoms with Crippen LogP contribution in [0.5, 0.6) is 0 Å². The molecule has 1 aromatic carbocycles. The van der Waals surface area contributed by atoms with E-state index >= 15 is 0 Å². The first-order valence-electron chi connectivity index (χ1n) is 6.91. The predicted molar refractivity (Wildman–Crippen MR) is 86.7 cm³/mol. The van der Waals surface area contributed by atoms with Gasteiger partial charge in [-0.25, -0.2) is 8.42 Å². The first-order valence-corrected chi connectivity index (χ1v) is 9.35. The molecule has 0 spiro atoms. The number of carbonyl (C=O) groups is 1. The maximum atomic E-state index is 12.1. The molecule has 0 saturated carbocycles. The molecular weight excluding hydrogens is 356 g/mol. The summed E-state index contributed by atoms with van der Waals surface area (Å²) in [6, 6.07) is 6.51. The molecule has 0 saturated heterocycles. The molecule has 0 aliphatic rings. The summed E-state index contributed by atoms with van der Waals surface area (Å²) < 4.78 is 25.0. The van der Waals surface area contributed by atoms with Gasteiger partial charge in [0.15, 0.2) is 9.84 Å². The van der Waals surface area contributed by atoms with E-state index in [1.807, 2.05) is 0 Å². The van der Waals surface area contributed by atoms with Gasteiger partial charge >= 0.3 is 0 Å². The van der Waals surface area contributed by atoms with E-state index in [-0.39, 0.29) is 23.0 Å². The van der Waals surface area contributed by atoms with Gasteiger partial charge in [-0.05, 0) is 50.1 Å². The van der Waals surface area contributed by atoms with Gasteiger partial charge in [0.1, 0.15) is 0 Å². The Morgan fingerprint density at radius 2 is 1.81 bits per heavy atom. The fraction of sp³-hybridized carbons (Fsp3) is 0.500. The van der Waals surface area contributed by atoms with Gasteiger partial charge in [0, 0.05) is 17.4 Å². The molecule has 0 aromatic heterocycles. The lowest BCUT2D eigenvalue weighted by Gasteiger charge is -2.06. The number of sulfone groups is 1. The number of hydrogen-bond acceptors (Lipinski definition) is 4. The third-order valence-electron chi connectivity index (χ3n) is 2.94. The third kappa shape index (κ3) is 7.06. The Kier molecular flexibility index (Phi) is 7.92. The second-order valence-corrected chi connectivity index (χ2v) is 7.75. The molecule has 0 fully saturated rings. The van der Waals surface area contributed by atoms with Crippen LogP contribution in [0.25, 0.3) is 0 Å². The van der Waals surface area contributed by atoms with Gasteiger partial charge < -0.3 is 11.1 Å². The molecule has 0 unspecified atom stereocenters. The normalized spacial score (nSPS) is 11.3. The highest BCUT2D eigenvalue weighted by Gasteiger charge is 2.14. The lowest BCUT2D eigenvalue weighted by Crippen LogP contribution is -2.25. The van der Waals surface area contributed by atoms with Gasteiger partial charge in [0.25, 0.3) is 0 Å². The molecule has 0 radical (unpaired) electrons. The SMILES string of the molecule is NCCCCNC(=O)CCCS(=O)(=O)c1ccc(Br)cc1. The van der Waals surface area contributed by atoms with Gasteiger partial charge in [-0.2, -0.15) is 0 Å². The Bertz CT molecular complexity index is 544. The predicted octanol–water partition coefficient (Wildman–Crippen LogP) is 1.86. The zero-order valence-corrected chi connectivity index (χ0v) is 14.2. The van der Waals surface area contributed by atoms with Crippen LogP contribution in [0.15, 0.2) is 33.6 Å². The van der Waals surface area contributed by atoms with E-state index < -0.39 is 9.84 Å². The average Bonchev–Trinajstić information content (AvgIpc) is 2.44. The molecular formula is C14H21BrN2O3S. The average molecular weight is 377 g/mol. The van der Waals surface area contributed by atoms with E-state index in [0.29, 0.717) is 19.5 Å². The van der Waals surface area contributed by atoms with Gasteiger partial charge in [-0.15, -0.1) is 0 Å². The highest BCUT2D eigenvalue weighted by atomic mass is 79.9. The lowest BCUT2D eigenvalue weighted by molar-refractivity contribution is -0.121. The van der Waals surface area contributed by atoms with Gasteiger partial charge in [0.05, 0.1) is 10.6 Å². The van der Waals surface area contributed by atoms with Crippen molar-refractivity contribution in [2.75, 3.05) is 18.8 Å². The Labute approximate surface area is 134 Å². The Balaban J connectivity index is 2.34. The summed E-state index contributed by atoms with van der Waals surface area (Å²) in [5.74, 6) is -0.136. The molecule has 7 heteroatoms. The van der Waals surface area contributed by atoms with Crippen LogP contribution in [0.2, 0.25) is 0 Å². The number of carbonyl (C=O) groups excluding carboxylic acids is 1. The summed E-state index contributed by atoms with van der Waals surface area (Å²) in [7, 11) is -3.32. The molecule has 0 bridgehead atoms. The molecule has 118 valence electrons. The first kappa shape index (κ1) is 18.1. The van der Waals surface area contributed by atoms with Crippen LogP contribution in [0.4, 0.5) is 0 Å². The molecule has 21 heavy (non-hydrogen) atoms. The summed E-state index contributed by atoms with van der Waals surface area (Å²) in [5.41, 5.74) is 5.36. The fourth-order valence-electron chi connectivity index (χ4n) is 1.77. The van der Waals surface area contributed by atoms with E-state index in [1.54, 1.807) is 24.3 Å². The van der Waals surface area contributed by atoms with Crippen molar-refractivity contribution < 1.29 is 13.2 Å². The van der Waals surface area contributed by atoms with Crippen LogP contribution < -0.4 is 11.1 Å². The number of benzene rings is 1. The summed E-state index contributed by atoms with van der Waals surface area (Å²) in [6.45, 7) is 1.21. The van der Waals surface area contributed by atoms with Crippen molar-refractivity contribution in [3.8, 4) is 0 Å². The molecule has 0 heterocycles. The number of nitrogens with one attached hydrogen (secondary N) is 1. The summed E-state index contributed by atoms with van der Waals surface area (Å²) in [5, 5.41) is 2.76. The maximum Gasteiger partial charge on any atom is 0.220 e. The van der Waals surface area contributed by atoms with Gasteiger partial charge in [-0.1, -0.05) is 15.9 Å². The first-order chi connectivity index (χ1) is 9.95. The molecule has 1 amide bonds. The summed E-state index contributed by atoms with van der Waals surface area (Å²) >= 11 is 3.26. The van der Waals surface area contributed by atoms with Crippen molar-refractivity contribution in [3.63, 3.8) is 0 Å². The third-order valence-corrected chi connectivity index (χ3v) is 5.29. The molecule has 1 rings (SSSR count). The summed E-state index contributed by atoms with van der Waals surface area (Å²) in [4.78, 5) is 11.8. The van der Waals surface area contributed by atoms with E-state index in [0.717, 1.165) is 17.3 Å². The Morgan fingerprint density at radius 1 is 1.14 bits per heavy atom. The van der Waals surface area contributed by atoms with Crippen molar-refractivity contribution in [2.45, 2.75) is 30.6 Å². The lowest BCUT2D eigenvalue weighted by atomic mass is 10.3. The zero-order chi connectivity index (χ0) is 15.7. The maximum absolute atomic E-state index is 12.1. The van der Waals surface area contributed by atoms with E-state index in [1.165, 1.54) is 0 Å². The van der Waals surface area contributed by atoms with Crippen molar-refractivity contribution in [1.82, 2.24) is 5.32 Å². The van der Waals surface area contributed by atoms with Crippen LogP contribution in [-0.2, 0) is 14.6 Å². The van der Waals surface area contributed by atoms with E-state index in [9.17, 15) is 13.2 Å². The quantitative estimate of drug-likeness (QED) is 0.643. The number of amides is 1. The number of hydrogen-bond donors (Lipinski definition) is 2. The van der Waals surface area contributed by atoms with E-state index in [4.69, 9.17) is 5.73 Å². The van der Waals surface area contributed by atoms with Crippen LogP contribution in [0.3, 0.4) is 0 Å². The number of rotatable bonds is 9. The monoisotopic (exact) mass is 376 g/mol. The van der Waals surface area contributed by atoms with Crippen LogP contribution in [0, 0.1) is 0 Å². The van der Waals surface area contributed by atoms with Crippen LogP contribution in [0.1, 0.15) is 25.7 Å². The zero-order valence-electron chi connectivity index (χ0n) is 11.8. The second-order valence-electron chi connectivity index (χ2n) is 4.72. The smallest absolute Gasteiger partial charge is 0.220 e. The standard InChI is InChI=1S/C14H21BrN2O3S/c15-12-5-7-13(8-6-12)21(19,20)11-3-4-14(18)17-10-2-1-9-16/h5-8H,1-4,9-11,16H2,(H,17,18). The highest BCUT2D eigenvalue weighted by Crippen LogP contribution is 2.16. The minimum Gasteiger partial charge on any atom is -0.356 e. The molecule has 0 aliphatic heterocycles. The topological polar surface area (TPSA) is 89.3 Å². The van der Waals surface area contributed by atoms with E-state index in [2.05, 4.69) is 21.2 Å².